The Bertz CT molecular complexity index is 591. The highest BCUT2D eigenvalue weighted by molar-refractivity contribution is 9.10. The molecule has 0 spiro atoms. The Kier molecular flexibility index (Phi) is 3.99. The number of halogens is 1. The van der Waals surface area contributed by atoms with Crippen LogP contribution in [0.3, 0.4) is 0 Å². The van der Waals surface area contributed by atoms with Gasteiger partial charge in [-0.3, -0.25) is 9.48 Å². The first kappa shape index (κ1) is 13.7. The molecular weight excluding hydrogens is 308 g/mol. The van der Waals surface area contributed by atoms with Crippen molar-refractivity contribution in [1.29, 1.82) is 0 Å². The van der Waals surface area contributed by atoms with Crippen molar-refractivity contribution in [2.45, 2.75) is 19.9 Å². The maximum atomic E-state index is 12.1. The third-order valence-corrected chi connectivity index (χ3v) is 3.55. The summed E-state index contributed by atoms with van der Waals surface area (Å²) in [4.78, 5) is 16.1. The van der Waals surface area contributed by atoms with Crippen LogP contribution in [0.4, 0.5) is 0 Å². The molecule has 0 saturated carbocycles. The van der Waals surface area contributed by atoms with Gasteiger partial charge in [-0.05, 0) is 41.9 Å². The van der Waals surface area contributed by atoms with Gasteiger partial charge in [0.1, 0.15) is 4.60 Å². The molecule has 0 aliphatic heterocycles. The molecule has 0 aromatic carbocycles. The minimum atomic E-state index is -0.143. The zero-order valence-corrected chi connectivity index (χ0v) is 12.6. The largest absolute Gasteiger partial charge is 0.345 e. The molecule has 1 N–H and O–H groups in total. The molecule has 0 fully saturated rings. The molecule has 2 rings (SSSR count). The third-order valence-electron chi connectivity index (χ3n) is 3.08. The van der Waals surface area contributed by atoms with Crippen LogP contribution in [0.5, 0.6) is 0 Å². The van der Waals surface area contributed by atoms with Crippen molar-refractivity contribution in [3.05, 3.63) is 46.0 Å². The smallest absolute Gasteiger partial charge is 0.253 e. The topological polar surface area (TPSA) is 59.8 Å². The van der Waals surface area contributed by atoms with E-state index >= 15 is 0 Å². The molecule has 1 unspecified atom stereocenters. The van der Waals surface area contributed by atoms with E-state index in [2.05, 4.69) is 31.3 Å². The first-order valence-corrected chi connectivity index (χ1v) is 6.69. The molecule has 6 heteroatoms. The second kappa shape index (κ2) is 5.52. The third kappa shape index (κ3) is 3.01. The number of aryl methyl sites for hydroxylation is 1. The molecule has 1 atom stereocenters. The summed E-state index contributed by atoms with van der Waals surface area (Å²) in [6.07, 6.45) is 3.32. The first-order valence-electron chi connectivity index (χ1n) is 5.90. The van der Waals surface area contributed by atoms with Crippen LogP contribution < -0.4 is 5.32 Å². The number of hydrogen-bond donors (Lipinski definition) is 1. The average molecular weight is 323 g/mol. The number of nitrogens with one attached hydrogen (secondary N) is 1. The Morgan fingerprint density at radius 2 is 2.16 bits per heavy atom. The molecule has 5 nitrogen and oxygen atoms in total. The SMILES string of the molecule is Cc1c(C(C)NC(=O)c2ccc(Br)nc2)cnn1C. The summed E-state index contributed by atoms with van der Waals surface area (Å²) in [5, 5.41) is 7.11. The molecule has 2 aromatic rings. The van der Waals surface area contributed by atoms with Crippen LogP contribution in [0.25, 0.3) is 0 Å². The number of carbonyl (C=O) groups is 1. The van der Waals surface area contributed by atoms with Crippen LogP contribution in [0.1, 0.15) is 34.6 Å². The Morgan fingerprint density at radius 1 is 1.42 bits per heavy atom. The van der Waals surface area contributed by atoms with Gasteiger partial charge in [0.05, 0.1) is 17.8 Å². The van der Waals surface area contributed by atoms with E-state index in [9.17, 15) is 4.79 Å². The summed E-state index contributed by atoms with van der Waals surface area (Å²) < 4.78 is 2.50. The molecule has 0 aliphatic rings. The van der Waals surface area contributed by atoms with Crippen molar-refractivity contribution in [1.82, 2.24) is 20.1 Å². The van der Waals surface area contributed by atoms with E-state index in [4.69, 9.17) is 0 Å². The van der Waals surface area contributed by atoms with Crippen LogP contribution in [-0.2, 0) is 7.05 Å². The highest BCUT2D eigenvalue weighted by Gasteiger charge is 2.15. The second-order valence-electron chi connectivity index (χ2n) is 4.37. The number of carbonyl (C=O) groups excluding carboxylic acids is 1. The number of nitrogens with zero attached hydrogens (tertiary/aromatic N) is 3. The molecule has 2 aromatic heterocycles. The van der Waals surface area contributed by atoms with E-state index in [0.29, 0.717) is 10.2 Å². The summed E-state index contributed by atoms with van der Waals surface area (Å²) in [5.41, 5.74) is 2.60. The number of pyridine rings is 1. The fraction of sp³-hybridized carbons (Fsp3) is 0.308. The molecule has 2 heterocycles. The monoisotopic (exact) mass is 322 g/mol. The van der Waals surface area contributed by atoms with Crippen molar-refractivity contribution in [2.75, 3.05) is 0 Å². The lowest BCUT2D eigenvalue weighted by atomic mass is 10.1. The summed E-state index contributed by atoms with van der Waals surface area (Å²) >= 11 is 3.24. The zero-order chi connectivity index (χ0) is 14.0. The van der Waals surface area contributed by atoms with Crippen molar-refractivity contribution in [2.24, 2.45) is 7.05 Å². The van der Waals surface area contributed by atoms with E-state index in [0.717, 1.165) is 11.3 Å². The van der Waals surface area contributed by atoms with Crippen molar-refractivity contribution in [3.63, 3.8) is 0 Å². The maximum absolute atomic E-state index is 12.1. The number of hydrogen-bond acceptors (Lipinski definition) is 3. The predicted molar refractivity (Wildman–Crippen MR) is 75.8 cm³/mol. The van der Waals surface area contributed by atoms with Gasteiger partial charge in [-0.1, -0.05) is 0 Å². The van der Waals surface area contributed by atoms with E-state index in [1.165, 1.54) is 0 Å². The quantitative estimate of drug-likeness (QED) is 0.882. The van der Waals surface area contributed by atoms with E-state index in [1.54, 1.807) is 29.2 Å². The highest BCUT2D eigenvalue weighted by atomic mass is 79.9. The summed E-state index contributed by atoms with van der Waals surface area (Å²) in [6.45, 7) is 3.92. The molecule has 0 saturated heterocycles. The summed E-state index contributed by atoms with van der Waals surface area (Å²) in [6, 6.07) is 3.38. The van der Waals surface area contributed by atoms with Gasteiger partial charge in [0.15, 0.2) is 0 Å². The number of rotatable bonds is 3. The van der Waals surface area contributed by atoms with E-state index < -0.39 is 0 Å². The van der Waals surface area contributed by atoms with E-state index in [-0.39, 0.29) is 11.9 Å². The van der Waals surface area contributed by atoms with Gasteiger partial charge in [-0.15, -0.1) is 0 Å². The minimum absolute atomic E-state index is 0.0927. The van der Waals surface area contributed by atoms with Crippen LogP contribution in [-0.4, -0.2) is 20.7 Å². The first-order chi connectivity index (χ1) is 8.99. The summed E-state index contributed by atoms with van der Waals surface area (Å²) in [5.74, 6) is -0.143. The molecular formula is C13H15BrN4O. The minimum Gasteiger partial charge on any atom is -0.345 e. The maximum Gasteiger partial charge on any atom is 0.253 e. The fourth-order valence-corrected chi connectivity index (χ4v) is 2.04. The zero-order valence-electron chi connectivity index (χ0n) is 11.0. The fourth-order valence-electron chi connectivity index (χ4n) is 1.81. The standard InChI is InChI=1S/C13H15BrN4O/c1-8(11-7-16-18(3)9(11)2)17-13(19)10-4-5-12(14)15-6-10/h4-8H,1-3H3,(H,17,19). The van der Waals surface area contributed by atoms with Crippen LogP contribution in [0, 0.1) is 6.92 Å². The Hall–Kier alpha value is -1.69. The highest BCUT2D eigenvalue weighted by Crippen LogP contribution is 2.16. The van der Waals surface area contributed by atoms with Gasteiger partial charge in [0.25, 0.3) is 5.91 Å². The molecule has 19 heavy (non-hydrogen) atoms. The Morgan fingerprint density at radius 3 is 2.68 bits per heavy atom. The Balaban J connectivity index is 2.10. The molecule has 0 aliphatic carbocycles. The lowest BCUT2D eigenvalue weighted by Gasteiger charge is -2.13. The number of aromatic nitrogens is 3. The molecule has 0 bridgehead atoms. The van der Waals surface area contributed by atoms with Gasteiger partial charge >= 0.3 is 0 Å². The normalized spacial score (nSPS) is 12.2. The van der Waals surface area contributed by atoms with E-state index in [1.807, 2.05) is 20.9 Å². The van der Waals surface area contributed by atoms with Crippen LogP contribution >= 0.6 is 15.9 Å². The van der Waals surface area contributed by atoms with Crippen LogP contribution in [0.2, 0.25) is 0 Å². The van der Waals surface area contributed by atoms with Gasteiger partial charge in [-0.25, -0.2) is 4.98 Å². The van der Waals surface area contributed by atoms with Crippen molar-refractivity contribution < 1.29 is 4.79 Å². The lowest BCUT2D eigenvalue weighted by molar-refractivity contribution is 0.0939. The number of amides is 1. The Labute approximate surface area is 120 Å². The van der Waals surface area contributed by atoms with Crippen LogP contribution in [0.15, 0.2) is 29.1 Å². The van der Waals surface area contributed by atoms with Crippen molar-refractivity contribution >= 4 is 21.8 Å². The molecule has 100 valence electrons. The summed E-state index contributed by atoms with van der Waals surface area (Å²) in [7, 11) is 1.88. The molecule has 0 radical (unpaired) electrons. The van der Waals surface area contributed by atoms with Gasteiger partial charge in [0, 0.05) is 24.5 Å². The van der Waals surface area contributed by atoms with Gasteiger partial charge in [0.2, 0.25) is 0 Å². The molecule has 1 amide bonds. The lowest BCUT2D eigenvalue weighted by Crippen LogP contribution is -2.27. The predicted octanol–water partition coefficient (Wildman–Crippen LogP) is 2.38. The average Bonchev–Trinajstić information content (AvgIpc) is 2.70. The van der Waals surface area contributed by atoms with Gasteiger partial charge < -0.3 is 5.32 Å². The van der Waals surface area contributed by atoms with Gasteiger partial charge in [-0.2, -0.15) is 5.10 Å². The second-order valence-corrected chi connectivity index (χ2v) is 5.19. The van der Waals surface area contributed by atoms with Crippen molar-refractivity contribution in [3.8, 4) is 0 Å².